The van der Waals surface area contributed by atoms with Crippen LogP contribution in [0.25, 0.3) is 11.3 Å². The third-order valence-corrected chi connectivity index (χ3v) is 2.23. The van der Waals surface area contributed by atoms with E-state index in [0.717, 1.165) is 23.6 Å². The van der Waals surface area contributed by atoms with Gasteiger partial charge in [0.05, 0.1) is 5.69 Å². The molecule has 0 aliphatic carbocycles. The molecule has 0 atom stereocenters. The summed E-state index contributed by atoms with van der Waals surface area (Å²) in [6, 6.07) is 5.75. The highest BCUT2D eigenvalue weighted by molar-refractivity contribution is 7.80. The van der Waals surface area contributed by atoms with Crippen LogP contribution in [0.5, 0.6) is 0 Å². The number of hydrogen-bond donors (Lipinski definition) is 2. The van der Waals surface area contributed by atoms with E-state index in [0.29, 0.717) is 5.95 Å². The zero-order valence-corrected chi connectivity index (χ0v) is 9.56. The van der Waals surface area contributed by atoms with Crippen LogP contribution in [0.15, 0.2) is 36.8 Å². The molecule has 16 heavy (non-hydrogen) atoms. The fourth-order valence-electron chi connectivity index (χ4n) is 1.25. The minimum Gasteiger partial charge on any atom is -0.353 e. The van der Waals surface area contributed by atoms with Crippen molar-refractivity contribution in [2.45, 2.75) is 0 Å². The lowest BCUT2D eigenvalue weighted by atomic mass is 10.2. The lowest BCUT2D eigenvalue weighted by Gasteiger charge is -2.03. The summed E-state index contributed by atoms with van der Waals surface area (Å²) in [6.07, 6.45) is 5.27. The molecule has 5 heteroatoms. The Labute approximate surface area is 99.6 Å². The molecule has 0 bridgehead atoms. The van der Waals surface area contributed by atoms with Crippen LogP contribution >= 0.6 is 12.6 Å². The van der Waals surface area contributed by atoms with Crippen LogP contribution in [-0.2, 0) is 0 Å². The maximum atomic E-state index is 4.23. The molecule has 2 heterocycles. The second-order valence-corrected chi connectivity index (χ2v) is 3.61. The molecule has 0 spiro atoms. The molecule has 0 saturated heterocycles. The normalized spacial score (nSPS) is 10.1. The van der Waals surface area contributed by atoms with Gasteiger partial charge in [-0.1, -0.05) is 6.07 Å². The highest BCUT2D eigenvalue weighted by Gasteiger charge is 1.99. The maximum Gasteiger partial charge on any atom is 0.222 e. The first-order valence-corrected chi connectivity index (χ1v) is 5.61. The Morgan fingerprint density at radius 2 is 1.94 bits per heavy atom. The first-order valence-electron chi connectivity index (χ1n) is 4.98. The van der Waals surface area contributed by atoms with Crippen molar-refractivity contribution in [2.24, 2.45) is 0 Å². The average Bonchev–Trinajstić information content (AvgIpc) is 2.38. The minimum absolute atomic E-state index is 0.619. The van der Waals surface area contributed by atoms with E-state index in [-0.39, 0.29) is 0 Å². The number of anilines is 1. The summed E-state index contributed by atoms with van der Waals surface area (Å²) in [5.41, 5.74) is 1.79. The molecule has 0 aliphatic rings. The van der Waals surface area contributed by atoms with E-state index >= 15 is 0 Å². The van der Waals surface area contributed by atoms with Crippen molar-refractivity contribution in [1.29, 1.82) is 0 Å². The molecule has 82 valence electrons. The van der Waals surface area contributed by atoms with Crippen LogP contribution in [-0.4, -0.2) is 27.2 Å². The van der Waals surface area contributed by atoms with E-state index in [2.05, 4.69) is 32.9 Å². The van der Waals surface area contributed by atoms with E-state index in [1.165, 1.54) is 0 Å². The second kappa shape index (κ2) is 5.46. The first-order chi connectivity index (χ1) is 7.90. The minimum atomic E-state index is 0.619. The van der Waals surface area contributed by atoms with Crippen LogP contribution in [0.2, 0.25) is 0 Å². The third-order valence-electron chi connectivity index (χ3n) is 2.01. The molecule has 2 aromatic rings. The van der Waals surface area contributed by atoms with Crippen molar-refractivity contribution in [3.05, 3.63) is 36.8 Å². The fourth-order valence-corrected chi connectivity index (χ4v) is 1.36. The second-order valence-electron chi connectivity index (χ2n) is 3.16. The van der Waals surface area contributed by atoms with E-state index in [4.69, 9.17) is 0 Å². The molecule has 0 radical (unpaired) electrons. The van der Waals surface area contributed by atoms with E-state index in [1.807, 2.05) is 18.2 Å². The van der Waals surface area contributed by atoms with Gasteiger partial charge < -0.3 is 5.32 Å². The van der Waals surface area contributed by atoms with Gasteiger partial charge in [0.1, 0.15) is 0 Å². The van der Waals surface area contributed by atoms with Crippen molar-refractivity contribution in [3.8, 4) is 11.3 Å². The Kier molecular flexibility index (Phi) is 3.71. The average molecular weight is 232 g/mol. The number of rotatable bonds is 4. The van der Waals surface area contributed by atoms with Gasteiger partial charge in [-0.2, -0.15) is 12.6 Å². The highest BCUT2D eigenvalue weighted by atomic mass is 32.1. The molecule has 0 aliphatic heterocycles. The first kappa shape index (κ1) is 10.9. The number of thiol groups is 1. The Balaban J connectivity index is 2.13. The van der Waals surface area contributed by atoms with Gasteiger partial charge in [-0.15, -0.1) is 0 Å². The SMILES string of the molecule is SCCNc1ncc(-c2ccccn2)cn1. The standard InChI is InChI=1S/C11H12N4S/c16-6-5-13-11-14-7-9(8-15-11)10-3-1-2-4-12-10/h1-4,7-8,16H,5-6H2,(H,13,14,15). The van der Waals surface area contributed by atoms with Gasteiger partial charge in [-0.25, -0.2) is 9.97 Å². The van der Waals surface area contributed by atoms with Gasteiger partial charge in [0.15, 0.2) is 0 Å². The fraction of sp³-hybridized carbons (Fsp3) is 0.182. The Bertz CT molecular complexity index is 429. The summed E-state index contributed by atoms with van der Waals surface area (Å²) >= 11 is 4.10. The number of nitrogens with one attached hydrogen (secondary N) is 1. The summed E-state index contributed by atoms with van der Waals surface area (Å²) in [4.78, 5) is 12.6. The topological polar surface area (TPSA) is 50.7 Å². The van der Waals surface area contributed by atoms with Gasteiger partial charge in [-0.3, -0.25) is 4.98 Å². The molecular formula is C11H12N4S. The van der Waals surface area contributed by atoms with Crippen molar-refractivity contribution < 1.29 is 0 Å². The molecule has 0 saturated carbocycles. The maximum absolute atomic E-state index is 4.23. The molecule has 4 nitrogen and oxygen atoms in total. The van der Waals surface area contributed by atoms with Gasteiger partial charge >= 0.3 is 0 Å². The van der Waals surface area contributed by atoms with E-state index in [9.17, 15) is 0 Å². The molecule has 2 aromatic heterocycles. The molecule has 0 aromatic carbocycles. The van der Waals surface area contributed by atoms with Crippen molar-refractivity contribution in [1.82, 2.24) is 15.0 Å². The van der Waals surface area contributed by atoms with Gasteiger partial charge in [-0.05, 0) is 12.1 Å². The lowest BCUT2D eigenvalue weighted by Crippen LogP contribution is -2.05. The summed E-state index contributed by atoms with van der Waals surface area (Å²) in [7, 11) is 0. The zero-order valence-electron chi connectivity index (χ0n) is 8.67. The van der Waals surface area contributed by atoms with Crippen LogP contribution in [0.3, 0.4) is 0 Å². The van der Waals surface area contributed by atoms with Gasteiger partial charge in [0, 0.05) is 36.5 Å². The van der Waals surface area contributed by atoms with Crippen LogP contribution < -0.4 is 5.32 Å². The monoisotopic (exact) mass is 232 g/mol. The summed E-state index contributed by atoms with van der Waals surface area (Å²) < 4.78 is 0. The zero-order chi connectivity index (χ0) is 11.2. The number of hydrogen-bond acceptors (Lipinski definition) is 5. The Hall–Kier alpha value is -1.62. The van der Waals surface area contributed by atoms with Crippen molar-refractivity contribution in [2.75, 3.05) is 17.6 Å². The molecule has 0 amide bonds. The highest BCUT2D eigenvalue weighted by Crippen LogP contribution is 2.14. The molecule has 2 rings (SSSR count). The largest absolute Gasteiger partial charge is 0.353 e. The molecule has 1 N–H and O–H groups in total. The van der Waals surface area contributed by atoms with Gasteiger partial charge in [0.25, 0.3) is 0 Å². The van der Waals surface area contributed by atoms with Crippen molar-refractivity contribution >= 4 is 18.6 Å². The van der Waals surface area contributed by atoms with Crippen molar-refractivity contribution in [3.63, 3.8) is 0 Å². The third kappa shape index (κ3) is 2.70. The smallest absolute Gasteiger partial charge is 0.222 e. The summed E-state index contributed by atoms with van der Waals surface area (Å²) in [5.74, 6) is 1.37. The number of aromatic nitrogens is 3. The molecule has 0 unspecified atom stereocenters. The summed E-state index contributed by atoms with van der Waals surface area (Å²) in [5, 5.41) is 3.05. The molecular weight excluding hydrogens is 220 g/mol. The van der Waals surface area contributed by atoms with E-state index in [1.54, 1.807) is 18.6 Å². The number of pyridine rings is 1. The molecule has 0 fully saturated rings. The van der Waals surface area contributed by atoms with Crippen LogP contribution in [0.4, 0.5) is 5.95 Å². The van der Waals surface area contributed by atoms with Crippen LogP contribution in [0, 0.1) is 0 Å². The van der Waals surface area contributed by atoms with Gasteiger partial charge in [0.2, 0.25) is 5.95 Å². The Morgan fingerprint density at radius 1 is 1.12 bits per heavy atom. The quantitative estimate of drug-likeness (QED) is 0.790. The summed E-state index contributed by atoms with van der Waals surface area (Å²) in [6.45, 7) is 0.756. The number of nitrogens with zero attached hydrogens (tertiary/aromatic N) is 3. The lowest BCUT2D eigenvalue weighted by molar-refractivity contribution is 1.09. The predicted molar refractivity (Wildman–Crippen MR) is 67.6 cm³/mol. The van der Waals surface area contributed by atoms with Crippen LogP contribution in [0.1, 0.15) is 0 Å². The predicted octanol–water partition coefficient (Wildman–Crippen LogP) is 1.88. The van der Waals surface area contributed by atoms with E-state index < -0.39 is 0 Å². The Morgan fingerprint density at radius 3 is 2.56 bits per heavy atom.